The predicted octanol–water partition coefficient (Wildman–Crippen LogP) is 0.187. The van der Waals surface area contributed by atoms with Crippen LogP contribution in [0.3, 0.4) is 0 Å². The molecular formula is C12H15N3O5S. The number of carboxylic acids is 1. The zero-order chi connectivity index (χ0) is 15.5. The Labute approximate surface area is 121 Å². The number of carbonyl (C=O) groups excluding carboxylic acids is 1. The quantitative estimate of drug-likeness (QED) is 0.819. The molecule has 1 unspecified atom stereocenters. The van der Waals surface area contributed by atoms with Crippen LogP contribution in [0.25, 0.3) is 0 Å². The minimum absolute atomic E-state index is 0.0338. The minimum atomic E-state index is -3.21. The summed E-state index contributed by atoms with van der Waals surface area (Å²) in [6.07, 6.45) is 3.20. The molecule has 2 amide bonds. The first-order valence-corrected chi connectivity index (χ1v) is 8.09. The second-order valence-electron chi connectivity index (χ2n) is 4.75. The summed E-state index contributed by atoms with van der Waals surface area (Å²) >= 11 is 0. The molecule has 1 fully saturated rings. The van der Waals surface area contributed by atoms with Gasteiger partial charge in [0, 0.05) is 12.2 Å². The molecule has 0 bridgehead atoms. The van der Waals surface area contributed by atoms with Gasteiger partial charge in [-0.15, -0.1) is 0 Å². The number of hydrogen-bond donors (Lipinski definition) is 2. The molecule has 1 aliphatic heterocycles. The fourth-order valence-electron chi connectivity index (χ4n) is 2.17. The van der Waals surface area contributed by atoms with E-state index >= 15 is 0 Å². The first kappa shape index (κ1) is 15.2. The van der Waals surface area contributed by atoms with Gasteiger partial charge in [0.15, 0.2) is 9.84 Å². The molecule has 9 heteroatoms. The van der Waals surface area contributed by atoms with E-state index in [4.69, 9.17) is 5.11 Å². The summed E-state index contributed by atoms with van der Waals surface area (Å²) < 4.78 is 23.0. The smallest absolute Gasteiger partial charge is 0.323 e. The lowest BCUT2D eigenvalue weighted by atomic mass is 10.2. The molecule has 0 aliphatic carbocycles. The first-order chi connectivity index (χ1) is 9.87. The number of anilines is 1. The molecule has 1 atom stereocenters. The number of carboxylic acid groups (broad SMARTS) is 1. The number of nitrogens with one attached hydrogen (secondary N) is 1. The van der Waals surface area contributed by atoms with Crippen LogP contribution in [0.15, 0.2) is 24.5 Å². The molecule has 1 aromatic heterocycles. The van der Waals surface area contributed by atoms with Crippen molar-refractivity contribution in [3.8, 4) is 0 Å². The predicted molar refractivity (Wildman–Crippen MR) is 74.7 cm³/mol. The summed E-state index contributed by atoms with van der Waals surface area (Å²) in [5.74, 6) is -1.44. The summed E-state index contributed by atoms with van der Waals surface area (Å²) in [6, 6.07) is 1.96. The van der Waals surface area contributed by atoms with Crippen molar-refractivity contribution < 1.29 is 23.1 Å². The molecule has 2 rings (SSSR count). The summed E-state index contributed by atoms with van der Waals surface area (Å²) in [6.45, 7) is -0.549. The van der Waals surface area contributed by atoms with Gasteiger partial charge in [0.25, 0.3) is 0 Å². The lowest BCUT2D eigenvalue weighted by Crippen LogP contribution is -2.46. The zero-order valence-corrected chi connectivity index (χ0v) is 11.9. The summed E-state index contributed by atoms with van der Waals surface area (Å²) in [4.78, 5) is 28.0. The van der Waals surface area contributed by atoms with Crippen molar-refractivity contribution in [1.29, 1.82) is 0 Å². The highest BCUT2D eigenvalue weighted by atomic mass is 32.2. The maximum absolute atomic E-state index is 12.2. The number of carbonyl (C=O) groups is 2. The monoisotopic (exact) mass is 313 g/mol. The lowest BCUT2D eigenvalue weighted by molar-refractivity contribution is -0.138. The molecule has 0 radical (unpaired) electrons. The van der Waals surface area contributed by atoms with Gasteiger partial charge in [-0.1, -0.05) is 0 Å². The Balaban J connectivity index is 2.12. The van der Waals surface area contributed by atoms with Crippen LogP contribution in [-0.4, -0.2) is 59.5 Å². The van der Waals surface area contributed by atoms with Crippen LogP contribution in [0.5, 0.6) is 0 Å². The number of sulfone groups is 1. The molecule has 0 spiro atoms. The highest BCUT2D eigenvalue weighted by Gasteiger charge is 2.35. The third-order valence-electron chi connectivity index (χ3n) is 3.13. The maximum Gasteiger partial charge on any atom is 0.323 e. The molecule has 0 aromatic carbocycles. The molecule has 1 aromatic rings. The van der Waals surface area contributed by atoms with Crippen molar-refractivity contribution in [3.05, 3.63) is 24.5 Å². The fourth-order valence-corrected chi connectivity index (χ4v) is 3.90. The van der Waals surface area contributed by atoms with E-state index in [0.717, 1.165) is 4.90 Å². The Morgan fingerprint density at radius 2 is 2.24 bits per heavy atom. The summed E-state index contributed by atoms with van der Waals surface area (Å²) in [7, 11) is -3.21. The van der Waals surface area contributed by atoms with Gasteiger partial charge >= 0.3 is 12.0 Å². The number of aliphatic carboxylic acids is 1. The van der Waals surface area contributed by atoms with Crippen LogP contribution in [0.2, 0.25) is 0 Å². The van der Waals surface area contributed by atoms with Gasteiger partial charge in [0.2, 0.25) is 0 Å². The van der Waals surface area contributed by atoms with E-state index < -0.39 is 34.4 Å². The Hall–Kier alpha value is -2.16. The number of nitrogens with zero attached hydrogens (tertiary/aromatic N) is 2. The maximum atomic E-state index is 12.2. The molecule has 1 saturated heterocycles. The third kappa shape index (κ3) is 4.15. The number of urea groups is 1. The minimum Gasteiger partial charge on any atom is -0.480 e. The molecule has 2 heterocycles. The normalized spacial score (nSPS) is 19.9. The van der Waals surface area contributed by atoms with Crippen molar-refractivity contribution in [3.63, 3.8) is 0 Å². The number of hydrogen-bond acceptors (Lipinski definition) is 5. The molecule has 114 valence electrons. The van der Waals surface area contributed by atoms with E-state index in [1.165, 1.54) is 12.4 Å². The lowest BCUT2D eigenvalue weighted by Gasteiger charge is -2.26. The van der Waals surface area contributed by atoms with Crippen molar-refractivity contribution in [2.24, 2.45) is 0 Å². The Morgan fingerprint density at radius 3 is 2.76 bits per heavy atom. The second kappa shape index (κ2) is 6.08. The average Bonchev–Trinajstić information content (AvgIpc) is 2.77. The molecule has 8 nitrogen and oxygen atoms in total. The third-order valence-corrected chi connectivity index (χ3v) is 4.88. The van der Waals surface area contributed by atoms with Gasteiger partial charge in [-0.05, 0) is 18.6 Å². The standard InChI is InChI=1S/C12H15N3O5S/c16-11(17)7-15(10-3-5-21(19,20)8-10)12(18)14-9-2-1-4-13-6-9/h1-2,4,6,10H,3,5,7-8H2,(H,14,18)(H,16,17). The number of pyridine rings is 1. The highest BCUT2D eigenvalue weighted by Crippen LogP contribution is 2.19. The van der Waals surface area contributed by atoms with Crippen LogP contribution in [0, 0.1) is 0 Å². The van der Waals surface area contributed by atoms with Gasteiger partial charge in [-0.25, -0.2) is 13.2 Å². The van der Waals surface area contributed by atoms with E-state index in [1.54, 1.807) is 12.1 Å². The van der Waals surface area contributed by atoms with Crippen molar-refractivity contribution in [2.75, 3.05) is 23.4 Å². The van der Waals surface area contributed by atoms with Gasteiger partial charge in [-0.2, -0.15) is 0 Å². The Morgan fingerprint density at radius 1 is 1.48 bits per heavy atom. The van der Waals surface area contributed by atoms with E-state index in [9.17, 15) is 18.0 Å². The van der Waals surface area contributed by atoms with Crippen molar-refractivity contribution in [2.45, 2.75) is 12.5 Å². The van der Waals surface area contributed by atoms with Gasteiger partial charge in [-0.3, -0.25) is 9.78 Å². The van der Waals surface area contributed by atoms with Crippen LogP contribution >= 0.6 is 0 Å². The van der Waals surface area contributed by atoms with Crippen LogP contribution < -0.4 is 5.32 Å². The van der Waals surface area contributed by atoms with Crippen LogP contribution in [0.1, 0.15) is 6.42 Å². The topological polar surface area (TPSA) is 117 Å². The van der Waals surface area contributed by atoms with E-state index in [1.807, 2.05) is 0 Å². The van der Waals surface area contributed by atoms with E-state index in [-0.39, 0.29) is 17.9 Å². The molecule has 21 heavy (non-hydrogen) atoms. The fraction of sp³-hybridized carbons (Fsp3) is 0.417. The second-order valence-corrected chi connectivity index (χ2v) is 6.98. The number of rotatable bonds is 4. The van der Waals surface area contributed by atoms with Crippen molar-refractivity contribution in [1.82, 2.24) is 9.88 Å². The van der Waals surface area contributed by atoms with Crippen LogP contribution in [-0.2, 0) is 14.6 Å². The molecular weight excluding hydrogens is 298 g/mol. The zero-order valence-electron chi connectivity index (χ0n) is 11.1. The Bertz CT molecular complexity index is 632. The molecule has 0 saturated carbocycles. The molecule has 1 aliphatic rings. The number of aromatic nitrogens is 1. The van der Waals surface area contributed by atoms with Crippen LogP contribution in [0.4, 0.5) is 10.5 Å². The Kier molecular flexibility index (Phi) is 4.41. The SMILES string of the molecule is O=C(O)CN(C(=O)Nc1cccnc1)C1CCS(=O)(=O)C1. The van der Waals surface area contributed by atoms with Gasteiger partial charge in [0.1, 0.15) is 6.54 Å². The highest BCUT2D eigenvalue weighted by molar-refractivity contribution is 7.91. The van der Waals surface area contributed by atoms with E-state index in [0.29, 0.717) is 5.69 Å². The largest absolute Gasteiger partial charge is 0.480 e. The van der Waals surface area contributed by atoms with Crippen molar-refractivity contribution >= 4 is 27.5 Å². The number of amides is 2. The van der Waals surface area contributed by atoms with Gasteiger partial charge in [0.05, 0.1) is 23.4 Å². The summed E-state index contributed by atoms with van der Waals surface area (Å²) in [5.41, 5.74) is 0.416. The molecule has 2 N–H and O–H groups in total. The van der Waals surface area contributed by atoms with Gasteiger partial charge < -0.3 is 15.3 Å². The average molecular weight is 313 g/mol. The summed E-state index contributed by atoms with van der Waals surface area (Å²) in [5, 5.41) is 11.4. The first-order valence-electron chi connectivity index (χ1n) is 6.27. The van der Waals surface area contributed by atoms with E-state index in [2.05, 4.69) is 10.3 Å².